The number of carbonyl (C=O) groups is 1. The Morgan fingerprint density at radius 2 is 1.56 bits per heavy atom. The molecule has 0 spiro atoms. The molecule has 16 heavy (non-hydrogen) atoms. The van der Waals surface area contributed by atoms with Crippen LogP contribution in [0.5, 0.6) is 0 Å². The third kappa shape index (κ3) is 5.80. The Morgan fingerprint density at radius 3 is 2.00 bits per heavy atom. The van der Waals surface area contributed by atoms with E-state index in [1.165, 1.54) is 18.1 Å². The quantitative estimate of drug-likeness (QED) is 0.426. The van der Waals surface area contributed by atoms with Crippen LogP contribution in [0.2, 0.25) is 18.1 Å². The second-order valence-electron chi connectivity index (χ2n) is 4.48. The lowest BCUT2D eigenvalue weighted by atomic mass is 10.1. The summed E-state index contributed by atoms with van der Waals surface area (Å²) in [5.41, 5.74) is 0. The van der Waals surface area contributed by atoms with Crippen molar-refractivity contribution in [2.45, 2.75) is 71.5 Å². The van der Waals surface area contributed by atoms with Gasteiger partial charge in [-0.3, -0.25) is 4.79 Å². The number of carbonyl (C=O) groups excluding carboxylic acids is 1. The van der Waals surface area contributed by atoms with Crippen molar-refractivity contribution in [1.82, 2.24) is 0 Å². The minimum absolute atomic E-state index is 0.392. The molecule has 0 aromatic rings. The average Bonchev–Trinajstić information content (AvgIpc) is 2.31. The molecule has 0 saturated carbocycles. The highest BCUT2D eigenvalue weighted by molar-refractivity contribution is 6.73. The van der Waals surface area contributed by atoms with Gasteiger partial charge in [0.05, 0.1) is 0 Å². The molecule has 0 unspecified atom stereocenters. The van der Waals surface area contributed by atoms with E-state index in [-0.39, 0.29) is 0 Å². The zero-order chi connectivity index (χ0) is 12.4. The van der Waals surface area contributed by atoms with Crippen molar-refractivity contribution in [2.24, 2.45) is 0 Å². The Hall–Kier alpha value is -0.153. The van der Waals surface area contributed by atoms with Gasteiger partial charge in [-0.1, -0.05) is 27.7 Å². The van der Waals surface area contributed by atoms with E-state index in [9.17, 15) is 4.79 Å². The lowest BCUT2D eigenvalue weighted by Crippen LogP contribution is -2.36. The van der Waals surface area contributed by atoms with Gasteiger partial charge in [0, 0.05) is 19.4 Å². The monoisotopic (exact) mass is 244 g/mol. The first-order valence-electron chi connectivity index (χ1n) is 6.79. The van der Waals surface area contributed by atoms with Gasteiger partial charge in [-0.25, -0.2) is 0 Å². The molecule has 0 aliphatic rings. The van der Waals surface area contributed by atoms with Gasteiger partial charge in [0.2, 0.25) is 0 Å². The van der Waals surface area contributed by atoms with Gasteiger partial charge in [0.15, 0.2) is 8.32 Å². The number of Topliss-reactive ketones (excluding diaryl/α,β-unsaturated/α-hetero) is 1. The molecule has 0 fully saturated rings. The number of ketones is 1. The minimum atomic E-state index is -1.42. The minimum Gasteiger partial charge on any atom is -0.417 e. The van der Waals surface area contributed by atoms with Crippen molar-refractivity contribution < 1.29 is 9.22 Å². The van der Waals surface area contributed by atoms with Crippen molar-refractivity contribution in [3.05, 3.63) is 0 Å². The predicted molar refractivity (Wildman–Crippen MR) is 72.3 cm³/mol. The van der Waals surface area contributed by atoms with E-state index in [1.807, 2.05) is 0 Å². The van der Waals surface area contributed by atoms with Crippen LogP contribution < -0.4 is 0 Å². The molecule has 96 valence electrons. The molecule has 0 bridgehead atoms. The zero-order valence-electron chi connectivity index (χ0n) is 11.5. The van der Waals surface area contributed by atoms with Gasteiger partial charge in [-0.15, -0.1) is 0 Å². The maximum absolute atomic E-state index is 11.3. The van der Waals surface area contributed by atoms with Crippen molar-refractivity contribution in [3.8, 4) is 0 Å². The van der Waals surface area contributed by atoms with Crippen LogP contribution >= 0.6 is 0 Å². The highest BCUT2D eigenvalue weighted by Crippen LogP contribution is 2.21. The Kier molecular flexibility index (Phi) is 8.85. The van der Waals surface area contributed by atoms with Crippen LogP contribution in [0.25, 0.3) is 0 Å². The van der Waals surface area contributed by atoms with Crippen LogP contribution in [0, 0.1) is 0 Å². The molecule has 0 rings (SSSR count). The summed E-state index contributed by atoms with van der Waals surface area (Å²) >= 11 is 0. The van der Waals surface area contributed by atoms with Gasteiger partial charge >= 0.3 is 0 Å². The largest absolute Gasteiger partial charge is 0.417 e. The molecule has 0 radical (unpaired) electrons. The van der Waals surface area contributed by atoms with E-state index in [2.05, 4.69) is 27.7 Å². The molecular weight excluding hydrogens is 216 g/mol. The van der Waals surface area contributed by atoms with Crippen LogP contribution in [0.4, 0.5) is 0 Å². The predicted octanol–water partition coefficient (Wildman–Crippen LogP) is 4.16. The van der Waals surface area contributed by atoms with E-state index >= 15 is 0 Å². The molecule has 0 heterocycles. The Balaban J connectivity index is 3.74. The standard InChI is InChI=1S/C13H28O2Si/c1-5-10-13(14)11-9-12-15-16(6-2,7-3)8-4/h5-12H2,1-4H3. The Labute approximate surface area is 102 Å². The average molecular weight is 244 g/mol. The summed E-state index contributed by atoms with van der Waals surface area (Å²) in [5.74, 6) is 0.392. The first kappa shape index (κ1) is 15.8. The lowest BCUT2D eigenvalue weighted by Gasteiger charge is -2.27. The third-order valence-electron chi connectivity index (χ3n) is 3.47. The first-order chi connectivity index (χ1) is 7.64. The van der Waals surface area contributed by atoms with Crippen LogP contribution in [-0.4, -0.2) is 20.7 Å². The van der Waals surface area contributed by atoms with Crippen molar-refractivity contribution in [2.75, 3.05) is 6.61 Å². The number of rotatable bonds is 10. The second kappa shape index (κ2) is 8.94. The number of hydrogen-bond donors (Lipinski definition) is 0. The fourth-order valence-corrected chi connectivity index (χ4v) is 4.71. The molecule has 0 amide bonds. The maximum Gasteiger partial charge on any atom is 0.191 e. The van der Waals surface area contributed by atoms with Gasteiger partial charge in [0.25, 0.3) is 0 Å². The summed E-state index contributed by atoms with van der Waals surface area (Å²) in [6.07, 6.45) is 3.32. The van der Waals surface area contributed by atoms with Crippen molar-refractivity contribution in [3.63, 3.8) is 0 Å². The van der Waals surface area contributed by atoms with E-state index in [4.69, 9.17) is 4.43 Å². The maximum atomic E-state index is 11.3. The van der Waals surface area contributed by atoms with Gasteiger partial charge in [0.1, 0.15) is 5.78 Å². The zero-order valence-corrected chi connectivity index (χ0v) is 12.5. The summed E-state index contributed by atoms with van der Waals surface area (Å²) in [4.78, 5) is 11.3. The van der Waals surface area contributed by atoms with E-state index in [1.54, 1.807) is 0 Å². The lowest BCUT2D eigenvalue weighted by molar-refractivity contribution is -0.119. The smallest absolute Gasteiger partial charge is 0.191 e. The summed E-state index contributed by atoms with van der Waals surface area (Å²) in [6.45, 7) is 9.55. The van der Waals surface area contributed by atoms with E-state index in [0.29, 0.717) is 12.2 Å². The first-order valence-corrected chi connectivity index (χ1v) is 9.32. The molecule has 0 aromatic carbocycles. The normalized spacial score (nSPS) is 11.8. The summed E-state index contributed by atoms with van der Waals surface area (Å²) in [7, 11) is -1.42. The molecule has 0 aromatic heterocycles. The fourth-order valence-electron chi connectivity index (χ4n) is 2.02. The highest BCUT2D eigenvalue weighted by atomic mass is 28.4. The molecule has 0 aliphatic carbocycles. The van der Waals surface area contributed by atoms with Gasteiger partial charge in [-0.2, -0.15) is 0 Å². The summed E-state index contributed by atoms with van der Waals surface area (Å²) in [6, 6.07) is 3.59. The Morgan fingerprint density at radius 1 is 1.00 bits per heavy atom. The van der Waals surface area contributed by atoms with E-state index in [0.717, 1.165) is 25.9 Å². The SMILES string of the molecule is CCCC(=O)CCCO[Si](CC)(CC)CC. The highest BCUT2D eigenvalue weighted by Gasteiger charge is 2.28. The summed E-state index contributed by atoms with van der Waals surface area (Å²) in [5, 5.41) is 0. The van der Waals surface area contributed by atoms with Crippen LogP contribution in [0.3, 0.4) is 0 Å². The van der Waals surface area contributed by atoms with Crippen LogP contribution in [-0.2, 0) is 9.22 Å². The molecule has 0 saturated heterocycles. The molecule has 3 heteroatoms. The van der Waals surface area contributed by atoms with Crippen LogP contribution in [0.15, 0.2) is 0 Å². The summed E-state index contributed by atoms with van der Waals surface area (Å²) < 4.78 is 6.09. The Bertz CT molecular complexity index is 180. The topological polar surface area (TPSA) is 26.3 Å². The van der Waals surface area contributed by atoms with Gasteiger partial charge < -0.3 is 4.43 Å². The molecule has 2 nitrogen and oxygen atoms in total. The van der Waals surface area contributed by atoms with Crippen molar-refractivity contribution in [1.29, 1.82) is 0 Å². The molecule has 0 N–H and O–H groups in total. The van der Waals surface area contributed by atoms with Crippen LogP contribution in [0.1, 0.15) is 53.4 Å². The number of hydrogen-bond acceptors (Lipinski definition) is 2. The third-order valence-corrected chi connectivity index (χ3v) is 8.15. The molecular formula is C13H28O2Si. The second-order valence-corrected chi connectivity index (χ2v) is 9.26. The fraction of sp³-hybridized carbons (Fsp3) is 0.923. The molecule has 0 atom stereocenters. The molecule has 0 aliphatic heterocycles. The van der Waals surface area contributed by atoms with E-state index < -0.39 is 8.32 Å². The van der Waals surface area contributed by atoms with Gasteiger partial charge in [-0.05, 0) is 31.0 Å². The van der Waals surface area contributed by atoms with Crippen molar-refractivity contribution >= 4 is 14.1 Å².